The number of hydrogen-bond donors (Lipinski definition) is 1. The predicted molar refractivity (Wildman–Crippen MR) is 43.3 cm³/mol. The number of hydrogen-bond acceptors (Lipinski definition) is 2. The number of carbonyl (C=O) groups is 1. The minimum Gasteiger partial charge on any atom is -0.330 e. The van der Waals surface area contributed by atoms with Crippen LogP contribution in [-0.2, 0) is 4.79 Å². The van der Waals surface area contributed by atoms with Crippen LogP contribution in [0.5, 0.6) is 0 Å². The Morgan fingerprint density at radius 1 is 1.60 bits per heavy atom. The Balaban J connectivity index is 0.000000810. The first-order valence-electron chi connectivity index (χ1n) is 3.54. The summed E-state index contributed by atoms with van der Waals surface area (Å²) in [5.41, 5.74) is 5.41. The van der Waals surface area contributed by atoms with E-state index in [2.05, 4.69) is 0 Å². The van der Waals surface area contributed by atoms with Crippen LogP contribution in [-0.4, -0.2) is 12.3 Å². The van der Waals surface area contributed by atoms with E-state index in [4.69, 9.17) is 5.73 Å². The van der Waals surface area contributed by atoms with Crippen LogP contribution in [0.2, 0.25) is 0 Å². The third kappa shape index (κ3) is 2.67. The lowest BCUT2D eigenvalue weighted by Crippen LogP contribution is -2.22. The Labute approximate surface area is 67.6 Å². The van der Waals surface area contributed by atoms with Crippen molar-refractivity contribution in [1.82, 2.24) is 0 Å². The Hall–Kier alpha value is -0.0800. The minimum absolute atomic E-state index is 0. The van der Waals surface area contributed by atoms with E-state index in [1.54, 1.807) is 0 Å². The molecule has 2 nitrogen and oxygen atoms in total. The van der Waals surface area contributed by atoms with E-state index in [1.165, 1.54) is 0 Å². The van der Waals surface area contributed by atoms with Crippen molar-refractivity contribution in [2.45, 2.75) is 25.7 Å². The van der Waals surface area contributed by atoms with Crippen LogP contribution in [0, 0.1) is 5.92 Å². The van der Waals surface area contributed by atoms with Crippen LogP contribution >= 0.6 is 12.4 Å². The second-order valence-corrected chi connectivity index (χ2v) is 2.74. The smallest absolute Gasteiger partial charge is 0.133 e. The van der Waals surface area contributed by atoms with Crippen LogP contribution in [0.4, 0.5) is 0 Å². The zero-order chi connectivity index (χ0) is 6.69. The molecule has 0 aromatic heterocycles. The molecule has 3 heteroatoms. The summed E-state index contributed by atoms with van der Waals surface area (Å²) in [6.07, 6.45) is 3.73. The lowest BCUT2D eigenvalue weighted by molar-refractivity contribution is -0.121. The van der Waals surface area contributed by atoms with Crippen LogP contribution in [0.1, 0.15) is 25.7 Å². The lowest BCUT2D eigenvalue weighted by Gasteiger charge is -2.17. The van der Waals surface area contributed by atoms with Crippen molar-refractivity contribution in [3.63, 3.8) is 0 Å². The predicted octanol–water partition coefficient (Wildman–Crippen LogP) is 1.13. The normalized spacial score (nSPS) is 25.7. The summed E-state index contributed by atoms with van der Waals surface area (Å²) in [6.45, 7) is 0.686. The van der Waals surface area contributed by atoms with Gasteiger partial charge in [-0.15, -0.1) is 12.4 Å². The molecular weight excluding hydrogens is 150 g/mol. The summed E-state index contributed by atoms with van der Waals surface area (Å²) in [5, 5.41) is 0. The molecule has 0 aromatic carbocycles. The fourth-order valence-electron chi connectivity index (χ4n) is 1.32. The molecule has 0 heterocycles. The highest BCUT2D eigenvalue weighted by atomic mass is 35.5. The van der Waals surface area contributed by atoms with E-state index < -0.39 is 0 Å². The van der Waals surface area contributed by atoms with Crippen molar-refractivity contribution in [3.05, 3.63) is 0 Å². The molecule has 1 fully saturated rings. The van der Waals surface area contributed by atoms with Gasteiger partial charge in [0.25, 0.3) is 0 Å². The molecule has 1 aliphatic carbocycles. The standard InChI is InChI=1S/C7H13NO.ClH/c8-5-6-2-1-3-7(9)4-6;/h6H,1-5,8H2;1H. The first-order chi connectivity index (χ1) is 4.33. The molecule has 1 saturated carbocycles. The van der Waals surface area contributed by atoms with Gasteiger partial charge >= 0.3 is 0 Å². The summed E-state index contributed by atoms with van der Waals surface area (Å²) in [6, 6.07) is 0. The van der Waals surface area contributed by atoms with Gasteiger partial charge in [0.2, 0.25) is 0 Å². The molecule has 1 rings (SSSR count). The Morgan fingerprint density at radius 3 is 2.70 bits per heavy atom. The number of Topliss-reactive ketones (excluding diaryl/α,β-unsaturated/α-hetero) is 1. The maximum absolute atomic E-state index is 10.8. The Bertz CT molecular complexity index is 116. The Morgan fingerprint density at radius 2 is 2.30 bits per heavy atom. The number of ketones is 1. The van der Waals surface area contributed by atoms with E-state index in [1.807, 2.05) is 0 Å². The van der Waals surface area contributed by atoms with Crippen molar-refractivity contribution in [3.8, 4) is 0 Å². The Kier molecular flexibility index (Phi) is 4.65. The second kappa shape index (κ2) is 4.69. The molecule has 2 N–H and O–H groups in total. The number of rotatable bonds is 1. The summed E-state index contributed by atoms with van der Waals surface area (Å²) in [4.78, 5) is 10.8. The number of halogens is 1. The zero-order valence-electron chi connectivity index (χ0n) is 6.01. The van der Waals surface area contributed by atoms with Gasteiger partial charge in [0.15, 0.2) is 0 Å². The maximum atomic E-state index is 10.8. The highest BCUT2D eigenvalue weighted by molar-refractivity contribution is 5.85. The van der Waals surface area contributed by atoms with E-state index in [0.717, 1.165) is 25.7 Å². The monoisotopic (exact) mass is 163 g/mol. The quantitative estimate of drug-likeness (QED) is 0.630. The molecular formula is C7H14ClNO. The van der Waals surface area contributed by atoms with Gasteiger partial charge in [-0.25, -0.2) is 0 Å². The molecule has 0 bridgehead atoms. The van der Waals surface area contributed by atoms with E-state index in [0.29, 0.717) is 18.2 Å². The van der Waals surface area contributed by atoms with Crippen LogP contribution in [0.3, 0.4) is 0 Å². The summed E-state index contributed by atoms with van der Waals surface area (Å²) in [5.74, 6) is 0.892. The van der Waals surface area contributed by atoms with Crippen molar-refractivity contribution in [2.24, 2.45) is 11.7 Å². The SMILES string of the molecule is Cl.NCC1CCCC(=O)C1. The third-order valence-corrected chi connectivity index (χ3v) is 1.92. The molecule has 0 radical (unpaired) electrons. The molecule has 0 saturated heterocycles. The average molecular weight is 164 g/mol. The molecule has 1 aliphatic rings. The molecule has 1 atom stereocenters. The topological polar surface area (TPSA) is 43.1 Å². The highest BCUT2D eigenvalue weighted by Gasteiger charge is 2.17. The van der Waals surface area contributed by atoms with Gasteiger partial charge in [-0.1, -0.05) is 0 Å². The fourth-order valence-corrected chi connectivity index (χ4v) is 1.32. The second-order valence-electron chi connectivity index (χ2n) is 2.74. The van der Waals surface area contributed by atoms with Gasteiger partial charge < -0.3 is 5.73 Å². The van der Waals surface area contributed by atoms with E-state index in [9.17, 15) is 4.79 Å². The molecule has 0 amide bonds. The first-order valence-corrected chi connectivity index (χ1v) is 3.54. The van der Waals surface area contributed by atoms with E-state index >= 15 is 0 Å². The van der Waals surface area contributed by atoms with E-state index in [-0.39, 0.29) is 12.4 Å². The van der Waals surface area contributed by atoms with Crippen molar-refractivity contribution < 1.29 is 4.79 Å². The van der Waals surface area contributed by atoms with Gasteiger partial charge in [0, 0.05) is 12.8 Å². The van der Waals surface area contributed by atoms with Gasteiger partial charge in [-0.2, -0.15) is 0 Å². The van der Waals surface area contributed by atoms with Crippen molar-refractivity contribution >= 4 is 18.2 Å². The minimum atomic E-state index is 0. The zero-order valence-corrected chi connectivity index (χ0v) is 6.82. The van der Waals surface area contributed by atoms with Gasteiger partial charge in [0.1, 0.15) is 5.78 Å². The van der Waals surface area contributed by atoms with Crippen molar-refractivity contribution in [2.75, 3.05) is 6.54 Å². The van der Waals surface area contributed by atoms with Crippen LogP contribution in [0.15, 0.2) is 0 Å². The third-order valence-electron chi connectivity index (χ3n) is 1.92. The molecule has 0 aliphatic heterocycles. The van der Waals surface area contributed by atoms with Gasteiger partial charge in [-0.05, 0) is 25.3 Å². The number of carbonyl (C=O) groups excluding carboxylic acids is 1. The maximum Gasteiger partial charge on any atom is 0.133 e. The molecule has 1 unspecified atom stereocenters. The highest BCUT2D eigenvalue weighted by Crippen LogP contribution is 2.19. The first kappa shape index (κ1) is 9.92. The lowest BCUT2D eigenvalue weighted by atomic mass is 9.89. The largest absolute Gasteiger partial charge is 0.330 e. The van der Waals surface area contributed by atoms with Crippen molar-refractivity contribution in [1.29, 1.82) is 0 Å². The molecule has 0 aromatic rings. The molecule has 10 heavy (non-hydrogen) atoms. The average Bonchev–Trinajstić information content (AvgIpc) is 1.88. The molecule has 0 spiro atoms. The van der Waals surface area contributed by atoms with Gasteiger partial charge in [-0.3, -0.25) is 4.79 Å². The van der Waals surface area contributed by atoms with Gasteiger partial charge in [0.05, 0.1) is 0 Å². The fraction of sp³-hybridized carbons (Fsp3) is 0.857. The van der Waals surface area contributed by atoms with Crippen LogP contribution < -0.4 is 5.73 Å². The summed E-state index contributed by atoms with van der Waals surface area (Å²) < 4.78 is 0. The number of nitrogens with two attached hydrogens (primary N) is 1. The summed E-state index contributed by atoms with van der Waals surface area (Å²) in [7, 11) is 0. The summed E-state index contributed by atoms with van der Waals surface area (Å²) >= 11 is 0. The molecule has 60 valence electrons. The van der Waals surface area contributed by atoms with Crippen LogP contribution in [0.25, 0.3) is 0 Å².